The fraction of sp³-hybridized carbons (Fsp3) is 0. The molecule has 0 atom stereocenters. The summed E-state index contributed by atoms with van der Waals surface area (Å²) in [6.07, 6.45) is 1.28. The topological polar surface area (TPSA) is 72.4 Å². The van der Waals surface area contributed by atoms with Gasteiger partial charge in [-0.3, -0.25) is 9.36 Å². The molecule has 0 spiro atoms. The molecular formula is C20H11BrFNO4. The van der Waals surface area contributed by atoms with E-state index in [4.69, 9.17) is 4.42 Å². The third-order valence-corrected chi connectivity index (χ3v) is 4.83. The Balaban J connectivity index is 1.78. The molecule has 0 saturated carbocycles. The van der Waals surface area contributed by atoms with Gasteiger partial charge in [0.1, 0.15) is 11.6 Å². The number of rotatable bonds is 3. The van der Waals surface area contributed by atoms with Gasteiger partial charge in [-0.15, -0.1) is 0 Å². The summed E-state index contributed by atoms with van der Waals surface area (Å²) in [6.45, 7) is 0. The monoisotopic (exact) mass is 427 g/mol. The first-order chi connectivity index (χ1) is 13.0. The van der Waals surface area contributed by atoms with Gasteiger partial charge < -0.3 is 9.52 Å². The molecule has 2 heterocycles. The number of aromatic nitrogens is 1. The first kappa shape index (κ1) is 17.2. The number of halogens is 2. The molecule has 0 amide bonds. The van der Waals surface area contributed by atoms with Crippen LogP contribution in [0.15, 0.2) is 69.7 Å². The van der Waals surface area contributed by atoms with E-state index in [0.29, 0.717) is 26.7 Å². The molecule has 0 aliphatic rings. The van der Waals surface area contributed by atoms with Crippen LogP contribution in [0.3, 0.4) is 0 Å². The van der Waals surface area contributed by atoms with Gasteiger partial charge in [0.15, 0.2) is 5.76 Å². The van der Waals surface area contributed by atoms with Gasteiger partial charge in [0.25, 0.3) is 5.91 Å². The number of nitrogens with zero attached hydrogens (tertiary/aromatic N) is 1. The van der Waals surface area contributed by atoms with E-state index in [1.54, 1.807) is 36.4 Å². The van der Waals surface area contributed by atoms with Crippen LogP contribution in [0.4, 0.5) is 4.39 Å². The van der Waals surface area contributed by atoms with E-state index in [2.05, 4.69) is 15.9 Å². The number of furan rings is 1. The quantitative estimate of drug-likeness (QED) is 0.488. The summed E-state index contributed by atoms with van der Waals surface area (Å²) in [4.78, 5) is 24.3. The molecule has 0 aliphatic heterocycles. The van der Waals surface area contributed by atoms with E-state index in [1.807, 2.05) is 0 Å². The van der Waals surface area contributed by atoms with E-state index in [9.17, 15) is 19.1 Å². The molecule has 2 aromatic carbocycles. The summed E-state index contributed by atoms with van der Waals surface area (Å²) >= 11 is 3.27. The van der Waals surface area contributed by atoms with Crippen molar-refractivity contribution in [2.24, 2.45) is 0 Å². The number of hydrogen-bond acceptors (Lipinski definition) is 3. The van der Waals surface area contributed by atoms with Crippen molar-refractivity contribution in [1.82, 2.24) is 4.57 Å². The average Bonchev–Trinajstić information content (AvgIpc) is 3.26. The van der Waals surface area contributed by atoms with E-state index < -0.39 is 17.7 Å². The molecule has 4 aromatic rings. The first-order valence-electron chi connectivity index (χ1n) is 7.89. The normalized spacial score (nSPS) is 11.0. The highest BCUT2D eigenvalue weighted by Gasteiger charge is 2.21. The number of carbonyl (C=O) groups is 2. The second kappa shape index (κ2) is 6.51. The first-order valence-corrected chi connectivity index (χ1v) is 8.68. The Morgan fingerprint density at radius 2 is 1.85 bits per heavy atom. The fourth-order valence-corrected chi connectivity index (χ4v) is 3.47. The van der Waals surface area contributed by atoms with Crippen molar-refractivity contribution < 1.29 is 23.5 Å². The molecule has 0 radical (unpaired) electrons. The third-order valence-electron chi connectivity index (χ3n) is 4.17. The van der Waals surface area contributed by atoms with Crippen molar-refractivity contribution in [2.45, 2.75) is 0 Å². The van der Waals surface area contributed by atoms with Crippen LogP contribution in [0.1, 0.15) is 20.9 Å². The van der Waals surface area contributed by atoms with Gasteiger partial charge in [0.2, 0.25) is 0 Å². The summed E-state index contributed by atoms with van der Waals surface area (Å²) < 4.78 is 20.7. The van der Waals surface area contributed by atoms with Crippen molar-refractivity contribution >= 4 is 38.7 Å². The summed E-state index contributed by atoms with van der Waals surface area (Å²) in [5.41, 5.74) is 1.10. The van der Waals surface area contributed by atoms with Crippen LogP contribution in [0, 0.1) is 5.82 Å². The van der Waals surface area contributed by atoms with Gasteiger partial charge in [-0.05, 0) is 52.3 Å². The number of aromatic carboxylic acids is 1. The predicted octanol–water partition coefficient (Wildman–Crippen LogP) is 5.19. The molecular weight excluding hydrogens is 417 g/mol. The lowest BCUT2D eigenvalue weighted by Crippen LogP contribution is -2.09. The number of hydrogen-bond donors (Lipinski definition) is 1. The van der Waals surface area contributed by atoms with Crippen LogP contribution in [0.25, 0.3) is 22.2 Å². The Morgan fingerprint density at radius 1 is 1.07 bits per heavy atom. The van der Waals surface area contributed by atoms with Crippen LogP contribution in [0.5, 0.6) is 0 Å². The molecule has 0 aliphatic carbocycles. The number of carboxylic acid groups (broad SMARTS) is 1. The van der Waals surface area contributed by atoms with Crippen LogP contribution >= 0.6 is 15.9 Å². The zero-order valence-corrected chi connectivity index (χ0v) is 15.2. The molecule has 0 unspecified atom stereocenters. The number of para-hydroxylation sites is 1. The number of benzene rings is 2. The van der Waals surface area contributed by atoms with Gasteiger partial charge in [0, 0.05) is 21.6 Å². The predicted molar refractivity (Wildman–Crippen MR) is 100 cm³/mol. The second-order valence-corrected chi connectivity index (χ2v) is 6.68. The van der Waals surface area contributed by atoms with Crippen molar-refractivity contribution in [3.05, 3.63) is 82.4 Å². The Kier molecular flexibility index (Phi) is 4.16. The van der Waals surface area contributed by atoms with E-state index in [1.165, 1.54) is 29.0 Å². The molecule has 1 N–H and O–H groups in total. The molecule has 4 rings (SSSR count). The molecule has 27 heavy (non-hydrogen) atoms. The largest absolute Gasteiger partial charge is 0.478 e. The minimum absolute atomic E-state index is 0.0343. The van der Waals surface area contributed by atoms with E-state index in [-0.39, 0.29) is 11.3 Å². The Hall–Kier alpha value is -3.19. The van der Waals surface area contributed by atoms with Gasteiger partial charge >= 0.3 is 5.97 Å². The Morgan fingerprint density at radius 3 is 2.59 bits per heavy atom. The standard InChI is InChI=1S/C20H11BrFNO4/c21-15-9-11(22)5-6-13(15)17-7-8-18(27-17)19(24)23-10-14(20(25)26)12-3-1-2-4-16(12)23/h1-10H,(H,25,26). The van der Waals surface area contributed by atoms with Crippen LogP contribution < -0.4 is 0 Å². The third kappa shape index (κ3) is 2.96. The van der Waals surface area contributed by atoms with Crippen molar-refractivity contribution in [2.75, 3.05) is 0 Å². The maximum atomic E-state index is 13.3. The molecule has 0 fully saturated rings. The maximum Gasteiger partial charge on any atom is 0.337 e. The summed E-state index contributed by atoms with van der Waals surface area (Å²) in [5, 5.41) is 9.83. The van der Waals surface area contributed by atoms with Gasteiger partial charge in [0.05, 0.1) is 11.1 Å². The molecule has 5 nitrogen and oxygen atoms in total. The van der Waals surface area contributed by atoms with Crippen LogP contribution in [-0.4, -0.2) is 21.6 Å². The summed E-state index contributed by atoms with van der Waals surface area (Å²) in [7, 11) is 0. The minimum atomic E-state index is -1.12. The summed E-state index contributed by atoms with van der Waals surface area (Å²) in [6, 6.07) is 14.0. The lowest BCUT2D eigenvalue weighted by molar-refractivity contribution is 0.0699. The van der Waals surface area contributed by atoms with Gasteiger partial charge in [-0.25, -0.2) is 9.18 Å². The van der Waals surface area contributed by atoms with Crippen LogP contribution in [-0.2, 0) is 0 Å². The van der Waals surface area contributed by atoms with Crippen molar-refractivity contribution in [3.8, 4) is 11.3 Å². The zero-order valence-electron chi connectivity index (χ0n) is 13.6. The van der Waals surface area contributed by atoms with Gasteiger partial charge in [-0.1, -0.05) is 18.2 Å². The minimum Gasteiger partial charge on any atom is -0.478 e. The summed E-state index contributed by atoms with van der Waals surface area (Å²) in [5.74, 6) is -1.58. The lowest BCUT2D eigenvalue weighted by Gasteiger charge is -2.03. The number of fused-ring (bicyclic) bond motifs is 1. The van der Waals surface area contributed by atoms with Crippen LogP contribution in [0.2, 0.25) is 0 Å². The molecule has 0 bridgehead atoms. The molecule has 7 heteroatoms. The SMILES string of the molecule is O=C(O)c1cn(C(=O)c2ccc(-c3ccc(F)cc3Br)o2)c2ccccc12. The molecule has 2 aromatic heterocycles. The Labute approximate surface area is 160 Å². The highest BCUT2D eigenvalue weighted by atomic mass is 79.9. The van der Waals surface area contributed by atoms with Crippen molar-refractivity contribution in [3.63, 3.8) is 0 Å². The number of carbonyl (C=O) groups excluding carboxylic acids is 1. The molecule has 0 saturated heterocycles. The number of carboxylic acids is 1. The average molecular weight is 428 g/mol. The lowest BCUT2D eigenvalue weighted by atomic mass is 10.2. The highest BCUT2D eigenvalue weighted by molar-refractivity contribution is 9.10. The zero-order chi connectivity index (χ0) is 19.1. The van der Waals surface area contributed by atoms with E-state index in [0.717, 1.165) is 0 Å². The van der Waals surface area contributed by atoms with E-state index >= 15 is 0 Å². The fourth-order valence-electron chi connectivity index (χ4n) is 2.92. The molecule has 134 valence electrons. The maximum absolute atomic E-state index is 13.3. The Bertz CT molecular complexity index is 1210. The highest BCUT2D eigenvalue weighted by Crippen LogP contribution is 2.31. The second-order valence-electron chi connectivity index (χ2n) is 5.83. The smallest absolute Gasteiger partial charge is 0.337 e. The van der Waals surface area contributed by atoms with Gasteiger partial charge in [-0.2, -0.15) is 0 Å². The van der Waals surface area contributed by atoms with Crippen molar-refractivity contribution in [1.29, 1.82) is 0 Å².